The molecule has 39 heavy (non-hydrogen) atoms. The maximum atomic E-state index is 13.8. The number of amides is 2. The summed E-state index contributed by atoms with van der Waals surface area (Å²) in [5, 5.41) is 4.12. The van der Waals surface area contributed by atoms with Crippen molar-refractivity contribution in [3.05, 3.63) is 75.8 Å². The summed E-state index contributed by atoms with van der Waals surface area (Å²) in [5.74, 6) is -0.166. The Balaban J connectivity index is 0.000000459. The number of methoxy groups -OCH3 is 1. The number of benzene rings is 2. The highest BCUT2D eigenvalue weighted by Crippen LogP contribution is 2.56. The molecule has 2 amide bonds. The lowest BCUT2D eigenvalue weighted by Crippen LogP contribution is -2.63. The number of anilines is 1. The Labute approximate surface area is 248 Å². The van der Waals surface area contributed by atoms with Crippen LogP contribution in [0, 0.1) is 0 Å². The molecule has 0 bridgehead atoms. The van der Waals surface area contributed by atoms with Crippen LogP contribution in [0.15, 0.2) is 54.6 Å². The third-order valence-electron chi connectivity index (χ3n) is 7.87. The van der Waals surface area contributed by atoms with Crippen molar-refractivity contribution in [1.82, 2.24) is 4.90 Å². The topological polar surface area (TPSA) is 58.6 Å². The second-order valence-electron chi connectivity index (χ2n) is 11.4. The first-order chi connectivity index (χ1) is 18.3. The van der Waals surface area contributed by atoms with Crippen LogP contribution in [0.25, 0.3) is 0 Å². The number of ether oxygens (including phenoxy) is 1. The van der Waals surface area contributed by atoms with Crippen LogP contribution in [-0.2, 0) is 19.7 Å². The van der Waals surface area contributed by atoms with E-state index in [-0.39, 0.29) is 18.2 Å². The van der Waals surface area contributed by atoms with Gasteiger partial charge in [-0.05, 0) is 55.7 Å². The SMILES string of the molecule is C=C(C)C1N(CCCCl)C(=O)CC(c2cccc(Cl)c2)C12C(=O)Nc1cc(Cl)ccc12.COC(C)[Si](C)(C)C. The molecule has 212 valence electrons. The average Bonchev–Trinajstić information content (AvgIpc) is 3.14. The zero-order chi connectivity index (χ0) is 29.1. The lowest BCUT2D eigenvalue weighted by molar-refractivity contribution is -0.143. The second kappa shape index (κ2) is 12.8. The van der Waals surface area contributed by atoms with E-state index in [1.54, 1.807) is 30.2 Å². The Hall–Kier alpha value is -1.83. The molecule has 5 nitrogen and oxygen atoms in total. The van der Waals surface area contributed by atoms with E-state index in [0.717, 1.165) is 16.7 Å². The molecule has 1 saturated heterocycles. The molecule has 2 aliphatic rings. The van der Waals surface area contributed by atoms with E-state index < -0.39 is 25.4 Å². The molecule has 1 spiro atoms. The van der Waals surface area contributed by atoms with Crippen molar-refractivity contribution < 1.29 is 14.3 Å². The fourth-order valence-electron chi connectivity index (χ4n) is 5.58. The van der Waals surface area contributed by atoms with Gasteiger partial charge in [0.1, 0.15) is 5.41 Å². The highest BCUT2D eigenvalue weighted by Gasteiger charge is 2.63. The maximum Gasteiger partial charge on any atom is 0.238 e. The highest BCUT2D eigenvalue weighted by atomic mass is 35.5. The Bertz CT molecular complexity index is 1230. The van der Waals surface area contributed by atoms with Gasteiger partial charge in [0.2, 0.25) is 11.8 Å². The van der Waals surface area contributed by atoms with Crippen molar-refractivity contribution in [2.24, 2.45) is 0 Å². The van der Waals surface area contributed by atoms with Crippen LogP contribution in [0.2, 0.25) is 29.7 Å². The van der Waals surface area contributed by atoms with Crippen LogP contribution in [0.1, 0.15) is 43.7 Å². The van der Waals surface area contributed by atoms with Gasteiger partial charge in [-0.3, -0.25) is 9.59 Å². The van der Waals surface area contributed by atoms with Gasteiger partial charge in [-0.25, -0.2) is 0 Å². The van der Waals surface area contributed by atoms with Gasteiger partial charge in [-0.15, -0.1) is 11.6 Å². The van der Waals surface area contributed by atoms with E-state index in [1.807, 2.05) is 31.2 Å². The molecule has 4 rings (SSSR count). The Morgan fingerprint density at radius 3 is 2.38 bits per heavy atom. The van der Waals surface area contributed by atoms with Crippen molar-refractivity contribution in [3.63, 3.8) is 0 Å². The normalized spacial score (nSPS) is 23.2. The lowest BCUT2D eigenvalue weighted by atomic mass is 9.58. The monoisotopic (exact) mass is 608 g/mol. The molecule has 2 heterocycles. The van der Waals surface area contributed by atoms with Crippen molar-refractivity contribution in [3.8, 4) is 0 Å². The van der Waals surface area contributed by atoms with Gasteiger partial charge in [-0.1, -0.05) is 73.2 Å². The molecule has 0 aromatic heterocycles. The van der Waals surface area contributed by atoms with E-state index in [4.69, 9.17) is 39.5 Å². The lowest BCUT2D eigenvalue weighted by Gasteiger charge is -2.51. The van der Waals surface area contributed by atoms with Gasteiger partial charge in [0, 0.05) is 53.3 Å². The molecule has 0 saturated carbocycles. The molecule has 4 unspecified atom stereocenters. The van der Waals surface area contributed by atoms with Crippen molar-refractivity contribution in [2.45, 2.75) is 69.4 Å². The van der Waals surface area contributed by atoms with Gasteiger partial charge in [0.15, 0.2) is 0 Å². The molecule has 2 aromatic carbocycles. The molecule has 4 atom stereocenters. The van der Waals surface area contributed by atoms with Crippen LogP contribution in [0.5, 0.6) is 0 Å². The van der Waals surface area contributed by atoms with Crippen molar-refractivity contribution >= 4 is 60.4 Å². The number of nitrogens with one attached hydrogen (secondary N) is 1. The summed E-state index contributed by atoms with van der Waals surface area (Å²) < 4.78 is 5.18. The number of carbonyl (C=O) groups is 2. The predicted octanol–water partition coefficient (Wildman–Crippen LogP) is 7.67. The van der Waals surface area contributed by atoms with E-state index in [0.29, 0.717) is 40.3 Å². The first kappa shape index (κ1) is 31.7. The van der Waals surface area contributed by atoms with Gasteiger partial charge in [-0.2, -0.15) is 0 Å². The van der Waals surface area contributed by atoms with Gasteiger partial charge in [0.25, 0.3) is 0 Å². The minimum Gasteiger partial charge on any atom is -0.385 e. The van der Waals surface area contributed by atoms with Crippen molar-refractivity contribution in [2.75, 3.05) is 24.9 Å². The van der Waals surface area contributed by atoms with Crippen LogP contribution >= 0.6 is 34.8 Å². The number of rotatable bonds is 7. The van der Waals surface area contributed by atoms with E-state index in [2.05, 4.69) is 38.5 Å². The molecule has 0 radical (unpaired) electrons. The zero-order valence-electron chi connectivity index (χ0n) is 23.6. The number of piperidine rings is 1. The second-order valence-corrected chi connectivity index (χ2v) is 18.2. The maximum absolute atomic E-state index is 13.8. The number of alkyl halides is 1. The third kappa shape index (κ3) is 6.41. The average molecular weight is 610 g/mol. The fraction of sp³-hybridized carbons (Fsp3) is 0.467. The van der Waals surface area contributed by atoms with Crippen LogP contribution in [0.4, 0.5) is 5.69 Å². The molecule has 2 aliphatic heterocycles. The number of hydrogen-bond donors (Lipinski definition) is 1. The summed E-state index contributed by atoms with van der Waals surface area (Å²) in [7, 11) is 0.798. The number of fused-ring (bicyclic) bond motifs is 2. The Kier molecular flexibility index (Phi) is 10.4. The molecular weight excluding hydrogens is 571 g/mol. The third-order valence-corrected chi connectivity index (χ3v) is 11.3. The standard InChI is InChI=1S/C24H23Cl3N2O2.C6H16OSi/c1-14(2)22-24(18-8-7-17(27)12-20(18)28-23(24)31)19(15-5-3-6-16(26)11-15)13-21(30)29(22)10-4-9-25;1-6(7-2)8(3,4)5/h3,5-8,11-12,19,22H,1,4,9-10,13H2,2H3,(H,28,31);6H,1-5H3. The van der Waals surface area contributed by atoms with Crippen LogP contribution in [0.3, 0.4) is 0 Å². The molecule has 1 fully saturated rings. The molecule has 0 aliphatic carbocycles. The molecular formula is C30H39Cl3N2O3Si. The molecule has 2 aromatic rings. The smallest absolute Gasteiger partial charge is 0.238 e. The van der Waals surface area contributed by atoms with Gasteiger partial charge >= 0.3 is 0 Å². The largest absolute Gasteiger partial charge is 0.385 e. The number of hydrogen-bond acceptors (Lipinski definition) is 3. The van der Waals surface area contributed by atoms with E-state index in [9.17, 15) is 9.59 Å². The van der Waals surface area contributed by atoms with Gasteiger partial charge < -0.3 is 15.0 Å². The summed E-state index contributed by atoms with van der Waals surface area (Å²) in [6.07, 6.45) is 0.811. The zero-order valence-corrected chi connectivity index (χ0v) is 26.9. The fourth-order valence-corrected chi connectivity index (χ4v) is 6.77. The van der Waals surface area contributed by atoms with Crippen LogP contribution in [-0.4, -0.2) is 56.1 Å². The minimum atomic E-state index is -1.04. The number of nitrogens with zero attached hydrogens (tertiary/aromatic N) is 1. The first-order valence-electron chi connectivity index (χ1n) is 13.2. The Morgan fingerprint density at radius 2 is 1.85 bits per heavy atom. The number of halogens is 3. The predicted molar refractivity (Wildman–Crippen MR) is 166 cm³/mol. The van der Waals surface area contributed by atoms with Crippen LogP contribution < -0.4 is 5.32 Å². The minimum absolute atomic E-state index is 0.0241. The highest BCUT2D eigenvalue weighted by molar-refractivity contribution is 6.77. The van der Waals surface area contributed by atoms with E-state index >= 15 is 0 Å². The summed E-state index contributed by atoms with van der Waals surface area (Å²) in [5.41, 5.74) is 2.53. The summed E-state index contributed by atoms with van der Waals surface area (Å²) in [6, 6.07) is 12.3. The summed E-state index contributed by atoms with van der Waals surface area (Å²) >= 11 is 18.5. The quantitative estimate of drug-likeness (QED) is 0.199. The molecule has 9 heteroatoms. The summed E-state index contributed by atoms with van der Waals surface area (Å²) in [4.78, 5) is 29.0. The number of carbonyl (C=O) groups excluding carboxylic acids is 2. The first-order valence-corrected chi connectivity index (χ1v) is 18.1. The van der Waals surface area contributed by atoms with E-state index in [1.165, 1.54) is 0 Å². The summed E-state index contributed by atoms with van der Waals surface area (Å²) in [6.45, 7) is 15.6. The van der Waals surface area contributed by atoms with Crippen molar-refractivity contribution in [1.29, 1.82) is 0 Å². The molecule has 1 N–H and O–H groups in total. The van der Waals surface area contributed by atoms with Gasteiger partial charge in [0.05, 0.1) is 14.1 Å². The number of likely N-dealkylation sites (tertiary alicyclic amines) is 1. The Morgan fingerprint density at radius 1 is 1.18 bits per heavy atom.